The van der Waals surface area contributed by atoms with Crippen LogP contribution in [-0.4, -0.2) is 51.8 Å². The summed E-state index contributed by atoms with van der Waals surface area (Å²) in [5.74, 6) is 1.09. The highest BCUT2D eigenvalue weighted by Gasteiger charge is 2.46. The molecule has 194 valence electrons. The van der Waals surface area contributed by atoms with Crippen LogP contribution in [0.15, 0.2) is 18.2 Å². The number of rotatable bonds is 10. The summed E-state index contributed by atoms with van der Waals surface area (Å²) in [5, 5.41) is 3.44. The topological polar surface area (TPSA) is 96.0 Å². The number of benzene rings is 1. The highest BCUT2D eigenvalue weighted by molar-refractivity contribution is 6.13. The zero-order valence-electron chi connectivity index (χ0n) is 21.6. The van der Waals surface area contributed by atoms with E-state index in [9.17, 15) is 19.2 Å². The van der Waals surface area contributed by atoms with Crippen molar-refractivity contribution in [1.82, 2.24) is 9.80 Å². The molecule has 0 spiro atoms. The Morgan fingerprint density at radius 2 is 1.81 bits per heavy atom. The maximum absolute atomic E-state index is 13.2. The number of hydrogen-bond acceptors (Lipinski definition) is 6. The van der Waals surface area contributed by atoms with Gasteiger partial charge in [-0.25, -0.2) is 4.79 Å². The van der Waals surface area contributed by atoms with Gasteiger partial charge in [-0.2, -0.15) is 4.90 Å². The average molecular weight is 496 g/mol. The molecule has 0 radical (unpaired) electrons. The normalized spacial score (nSPS) is 17.7. The second-order valence-electron chi connectivity index (χ2n) is 10.4. The van der Waals surface area contributed by atoms with Gasteiger partial charge in [0.2, 0.25) is 5.91 Å². The standard InChI is InChI=1S/C28H37N3O5/c1-5-6-7-8-9-10-11-12-18-29-22-15-13-14-20-21(22)19-30(25(20)33)23-16-17-24(32)31(26(23)34)27(35)36-28(2,3)4/h1,13-15,23,29H,6-12,16-19H2,2-4H3. The summed E-state index contributed by atoms with van der Waals surface area (Å²) in [6.45, 7) is 6.03. The second-order valence-corrected chi connectivity index (χ2v) is 10.4. The van der Waals surface area contributed by atoms with Gasteiger partial charge in [-0.05, 0) is 52.2 Å². The molecule has 1 atom stereocenters. The number of carbonyl (C=O) groups excluding carboxylic acids is 4. The maximum atomic E-state index is 13.2. The summed E-state index contributed by atoms with van der Waals surface area (Å²) in [5.41, 5.74) is 1.40. The molecule has 2 aliphatic heterocycles. The van der Waals surface area contributed by atoms with E-state index in [0.29, 0.717) is 10.5 Å². The van der Waals surface area contributed by atoms with Gasteiger partial charge < -0.3 is 15.0 Å². The predicted molar refractivity (Wildman–Crippen MR) is 137 cm³/mol. The van der Waals surface area contributed by atoms with E-state index in [1.807, 2.05) is 12.1 Å². The Bertz CT molecular complexity index is 1040. The van der Waals surface area contributed by atoms with Crippen molar-refractivity contribution in [3.8, 4) is 12.3 Å². The SMILES string of the molecule is C#CCCCCCCCCNc1cccc2c1CN(C1CCC(=O)N(C(=O)OC(C)(C)C)C1=O)C2=O. The number of amides is 4. The highest BCUT2D eigenvalue weighted by atomic mass is 16.6. The minimum atomic E-state index is -0.996. The largest absolute Gasteiger partial charge is 0.443 e. The molecule has 0 aromatic heterocycles. The smallest absolute Gasteiger partial charge is 0.424 e. The van der Waals surface area contributed by atoms with Crippen molar-refractivity contribution in [3.63, 3.8) is 0 Å². The Kier molecular flexibility index (Phi) is 9.14. The fraction of sp³-hybridized carbons (Fsp3) is 0.571. The van der Waals surface area contributed by atoms with Crippen LogP contribution in [0.2, 0.25) is 0 Å². The number of ether oxygens (including phenoxy) is 1. The molecule has 0 aliphatic carbocycles. The Hall–Kier alpha value is -3.34. The number of nitrogens with one attached hydrogen (secondary N) is 1. The first kappa shape index (κ1) is 27.3. The minimum absolute atomic E-state index is 0.0103. The van der Waals surface area contributed by atoms with Crippen LogP contribution in [0.3, 0.4) is 0 Å². The number of piperidine rings is 1. The zero-order valence-corrected chi connectivity index (χ0v) is 21.6. The van der Waals surface area contributed by atoms with Crippen molar-refractivity contribution in [2.45, 2.75) is 96.7 Å². The van der Waals surface area contributed by atoms with E-state index in [4.69, 9.17) is 11.2 Å². The second kappa shape index (κ2) is 12.1. The van der Waals surface area contributed by atoms with E-state index < -0.39 is 29.6 Å². The van der Waals surface area contributed by atoms with Crippen LogP contribution >= 0.6 is 0 Å². The van der Waals surface area contributed by atoms with Crippen molar-refractivity contribution >= 4 is 29.5 Å². The molecule has 8 heteroatoms. The number of nitrogens with zero attached hydrogens (tertiary/aromatic N) is 2. The number of fused-ring (bicyclic) bond motifs is 1. The third kappa shape index (κ3) is 6.66. The zero-order chi connectivity index (χ0) is 26.3. The third-order valence-electron chi connectivity index (χ3n) is 6.40. The van der Waals surface area contributed by atoms with Crippen LogP contribution in [-0.2, 0) is 20.9 Å². The van der Waals surface area contributed by atoms with Crippen LogP contribution < -0.4 is 5.32 Å². The van der Waals surface area contributed by atoms with E-state index in [1.54, 1.807) is 26.8 Å². The molecule has 8 nitrogen and oxygen atoms in total. The van der Waals surface area contributed by atoms with Gasteiger partial charge in [-0.3, -0.25) is 14.4 Å². The number of hydrogen-bond donors (Lipinski definition) is 1. The van der Waals surface area contributed by atoms with Crippen LogP contribution in [0.1, 0.15) is 94.5 Å². The lowest BCUT2D eigenvalue weighted by molar-refractivity contribution is -0.150. The average Bonchev–Trinajstić information content (AvgIpc) is 3.14. The summed E-state index contributed by atoms with van der Waals surface area (Å²) in [6, 6.07) is 4.63. The predicted octanol–water partition coefficient (Wildman–Crippen LogP) is 4.87. The summed E-state index contributed by atoms with van der Waals surface area (Å²) in [7, 11) is 0. The number of terminal acetylenes is 1. The number of unbranched alkanes of at least 4 members (excludes halogenated alkanes) is 6. The van der Waals surface area contributed by atoms with Crippen LogP contribution in [0, 0.1) is 12.3 Å². The molecule has 0 bridgehead atoms. The van der Waals surface area contributed by atoms with E-state index >= 15 is 0 Å². The number of carbonyl (C=O) groups is 4. The molecule has 1 fully saturated rings. The van der Waals surface area contributed by atoms with Crippen LogP contribution in [0.25, 0.3) is 0 Å². The fourth-order valence-electron chi connectivity index (χ4n) is 4.61. The summed E-state index contributed by atoms with van der Waals surface area (Å²) < 4.78 is 5.26. The van der Waals surface area contributed by atoms with E-state index in [2.05, 4.69) is 11.2 Å². The van der Waals surface area contributed by atoms with Crippen LogP contribution in [0.4, 0.5) is 10.5 Å². The molecule has 1 aromatic rings. The first-order chi connectivity index (χ1) is 17.1. The molecule has 3 rings (SSSR count). The summed E-state index contributed by atoms with van der Waals surface area (Å²) >= 11 is 0. The molecule has 1 aromatic carbocycles. The van der Waals surface area contributed by atoms with E-state index in [-0.39, 0.29) is 25.3 Å². The molecule has 2 aliphatic rings. The lowest BCUT2D eigenvalue weighted by Crippen LogP contribution is -2.57. The Morgan fingerprint density at radius 1 is 1.11 bits per heavy atom. The molecular weight excluding hydrogens is 458 g/mol. The Morgan fingerprint density at radius 3 is 2.50 bits per heavy atom. The quantitative estimate of drug-likeness (QED) is 0.283. The molecule has 2 heterocycles. The number of likely N-dealkylation sites (tertiary alicyclic amines) is 1. The molecule has 0 saturated carbocycles. The van der Waals surface area contributed by atoms with Gasteiger partial charge in [0.15, 0.2) is 0 Å². The minimum Gasteiger partial charge on any atom is -0.443 e. The van der Waals surface area contributed by atoms with Crippen molar-refractivity contribution in [1.29, 1.82) is 0 Å². The Balaban J connectivity index is 1.60. The lowest BCUT2D eigenvalue weighted by atomic mass is 10.0. The molecule has 1 unspecified atom stereocenters. The first-order valence-corrected chi connectivity index (χ1v) is 12.8. The molecule has 4 amide bonds. The van der Waals surface area contributed by atoms with Gasteiger partial charge in [-0.15, -0.1) is 12.3 Å². The molecular formula is C28H37N3O5. The van der Waals surface area contributed by atoms with E-state index in [0.717, 1.165) is 43.5 Å². The summed E-state index contributed by atoms with van der Waals surface area (Å²) in [4.78, 5) is 53.4. The van der Waals surface area contributed by atoms with E-state index in [1.165, 1.54) is 24.2 Å². The maximum Gasteiger partial charge on any atom is 0.424 e. The van der Waals surface area contributed by atoms with Crippen molar-refractivity contribution in [2.75, 3.05) is 11.9 Å². The van der Waals surface area contributed by atoms with Crippen molar-refractivity contribution in [2.24, 2.45) is 0 Å². The first-order valence-electron chi connectivity index (χ1n) is 12.8. The van der Waals surface area contributed by atoms with Gasteiger partial charge in [-0.1, -0.05) is 31.7 Å². The summed E-state index contributed by atoms with van der Waals surface area (Å²) in [6.07, 6.45) is 12.0. The molecule has 1 N–H and O–H groups in total. The van der Waals surface area contributed by atoms with Gasteiger partial charge in [0.25, 0.3) is 11.8 Å². The number of anilines is 1. The van der Waals surface area contributed by atoms with Gasteiger partial charge in [0.1, 0.15) is 11.6 Å². The highest BCUT2D eigenvalue weighted by Crippen LogP contribution is 2.33. The third-order valence-corrected chi connectivity index (χ3v) is 6.40. The van der Waals surface area contributed by atoms with Gasteiger partial charge in [0.05, 0.1) is 0 Å². The van der Waals surface area contributed by atoms with Crippen molar-refractivity contribution < 1.29 is 23.9 Å². The fourth-order valence-corrected chi connectivity index (χ4v) is 4.61. The van der Waals surface area contributed by atoms with Crippen molar-refractivity contribution in [3.05, 3.63) is 29.3 Å². The van der Waals surface area contributed by atoms with Crippen LogP contribution in [0.5, 0.6) is 0 Å². The lowest BCUT2D eigenvalue weighted by Gasteiger charge is -2.35. The van der Waals surface area contributed by atoms with Gasteiger partial charge in [0, 0.05) is 42.7 Å². The molecule has 36 heavy (non-hydrogen) atoms. The monoisotopic (exact) mass is 495 g/mol. The molecule has 1 saturated heterocycles. The Labute approximate surface area is 213 Å². The number of imide groups is 3. The van der Waals surface area contributed by atoms with Gasteiger partial charge >= 0.3 is 6.09 Å².